The molecule has 2 aromatic rings. The molecule has 106 valence electrons. The van der Waals surface area contributed by atoms with Crippen molar-refractivity contribution < 1.29 is 14.3 Å². The van der Waals surface area contributed by atoms with Crippen molar-refractivity contribution in [3.8, 4) is 5.82 Å². The van der Waals surface area contributed by atoms with E-state index < -0.39 is 6.09 Å². The van der Waals surface area contributed by atoms with Crippen molar-refractivity contribution in [2.24, 2.45) is 0 Å². The van der Waals surface area contributed by atoms with E-state index in [1.165, 1.54) is 17.2 Å². The molecule has 0 aliphatic carbocycles. The number of halogens is 1. The molecule has 7 heteroatoms. The molecular formula is C13H15FN4O2. The zero-order valence-corrected chi connectivity index (χ0v) is 10.8. The quantitative estimate of drug-likeness (QED) is 0.884. The summed E-state index contributed by atoms with van der Waals surface area (Å²) in [6.45, 7) is 1.04. The van der Waals surface area contributed by atoms with Gasteiger partial charge >= 0.3 is 6.09 Å². The average Bonchev–Trinajstić information content (AvgIpc) is 3.07. The Morgan fingerprint density at radius 1 is 1.55 bits per heavy atom. The molecule has 0 saturated carbocycles. The standard InChI is InChI=1S/C13H15FN4O2/c14-10-4-12(15-5-10)18-7-11(16-8-18)9-2-1-3-17(6-9)13(19)20/h4-5,7-9,15H,1-3,6H2,(H,19,20)/t9-/m0/s1. The number of likely N-dealkylation sites (tertiary alicyclic amines) is 1. The van der Waals surface area contributed by atoms with Gasteiger partial charge in [0.2, 0.25) is 0 Å². The molecule has 0 unspecified atom stereocenters. The third-order valence-electron chi connectivity index (χ3n) is 3.62. The Balaban J connectivity index is 1.78. The van der Waals surface area contributed by atoms with E-state index in [4.69, 9.17) is 5.11 Å². The Kier molecular flexibility index (Phi) is 3.17. The predicted octanol–water partition coefficient (Wildman–Crippen LogP) is 2.20. The van der Waals surface area contributed by atoms with Crippen LogP contribution in [0.3, 0.4) is 0 Å². The third kappa shape index (κ3) is 2.38. The first-order valence-electron chi connectivity index (χ1n) is 6.49. The molecule has 1 aliphatic heterocycles. The number of hydrogen-bond acceptors (Lipinski definition) is 2. The highest BCUT2D eigenvalue weighted by atomic mass is 19.1. The minimum absolute atomic E-state index is 0.0981. The highest BCUT2D eigenvalue weighted by Gasteiger charge is 2.25. The normalized spacial score (nSPS) is 19.2. The van der Waals surface area contributed by atoms with Crippen LogP contribution in [-0.2, 0) is 0 Å². The zero-order chi connectivity index (χ0) is 14.1. The molecule has 1 fully saturated rings. The van der Waals surface area contributed by atoms with Crippen LogP contribution in [-0.4, -0.2) is 43.7 Å². The van der Waals surface area contributed by atoms with Gasteiger partial charge in [-0.25, -0.2) is 14.2 Å². The summed E-state index contributed by atoms with van der Waals surface area (Å²) < 4.78 is 14.7. The Labute approximate surface area is 114 Å². The van der Waals surface area contributed by atoms with E-state index in [0.717, 1.165) is 18.5 Å². The second-order valence-corrected chi connectivity index (χ2v) is 4.98. The minimum Gasteiger partial charge on any atom is -0.465 e. The van der Waals surface area contributed by atoms with Gasteiger partial charge in [-0.2, -0.15) is 0 Å². The molecule has 1 amide bonds. The number of imidazole rings is 1. The van der Waals surface area contributed by atoms with Gasteiger partial charge in [0.1, 0.15) is 18.0 Å². The summed E-state index contributed by atoms with van der Waals surface area (Å²) in [5.41, 5.74) is 0.839. The lowest BCUT2D eigenvalue weighted by Crippen LogP contribution is -2.38. The fourth-order valence-corrected chi connectivity index (χ4v) is 2.58. The van der Waals surface area contributed by atoms with Gasteiger partial charge in [-0.05, 0) is 12.8 Å². The van der Waals surface area contributed by atoms with Crippen molar-refractivity contribution in [3.63, 3.8) is 0 Å². The first kappa shape index (κ1) is 12.7. The predicted molar refractivity (Wildman–Crippen MR) is 69.4 cm³/mol. The van der Waals surface area contributed by atoms with Crippen LogP contribution in [0.25, 0.3) is 5.82 Å². The smallest absolute Gasteiger partial charge is 0.407 e. The number of hydrogen-bond donors (Lipinski definition) is 2. The molecule has 6 nitrogen and oxygen atoms in total. The topological polar surface area (TPSA) is 74.2 Å². The summed E-state index contributed by atoms with van der Waals surface area (Å²) in [7, 11) is 0. The summed E-state index contributed by atoms with van der Waals surface area (Å²) in [4.78, 5) is 19.6. The lowest BCUT2D eigenvalue weighted by Gasteiger charge is -2.29. The van der Waals surface area contributed by atoms with Crippen LogP contribution in [0.5, 0.6) is 0 Å². The fourth-order valence-electron chi connectivity index (χ4n) is 2.58. The number of aromatic amines is 1. The van der Waals surface area contributed by atoms with Gasteiger partial charge in [0, 0.05) is 37.5 Å². The molecule has 3 heterocycles. The van der Waals surface area contributed by atoms with Crippen LogP contribution in [0.2, 0.25) is 0 Å². The Morgan fingerprint density at radius 3 is 3.10 bits per heavy atom. The monoisotopic (exact) mass is 278 g/mol. The van der Waals surface area contributed by atoms with Crippen LogP contribution in [0, 0.1) is 5.82 Å². The van der Waals surface area contributed by atoms with Crippen molar-refractivity contribution in [2.75, 3.05) is 13.1 Å². The second kappa shape index (κ2) is 4.99. The lowest BCUT2D eigenvalue weighted by atomic mass is 9.95. The summed E-state index contributed by atoms with van der Waals surface area (Å²) in [6, 6.07) is 1.38. The Morgan fingerprint density at radius 2 is 2.40 bits per heavy atom. The second-order valence-electron chi connectivity index (χ2n) is 4.98. The number of carbonyl (C=O) groups is 1. The minimum atomic E-state index is -0.888. The van der Waals surface area contributed by atoms with Crippen LogP contribution in [0.15, 0.2) is 24.8 Å². The maximum atomic E-state index is 13.0. The molecule has 0 bridgehead atoms. The van der Waals surface area contributed by atoms with Crippen molar-refractivity contribution in [3.05, 3.63) is 36.3 Å². The Hall–Kier alpha value is -2.31. The highest BCUT2D eigenvalue weighted by Crippen LogP contribution is 2.26. The summed E-state index contributed by atoms with van der Waals surface area (Å²) >= 11 is 0. The van der Waals surface area contributed by atoms with E-state index in [-0.39, 0.29) is 11.7 Å². The number of piperidine rings is 1. The molecule has 1 atom stereocenters. The number of aromatic nitrogens is 3. The molecule has 3 rings (SSSR count). The first-order valence-corrected chi connectivity index (χ1v) is 6.49. The lowest BCUT2D eigenvalue weighted by molar-refractivity contribution is 0.130. The van der Waals surface area contributed by atoms with Crippen molar-refractivity contribution >= 4 is 6.09 Å². The molecular weight excluding hydrogens is 263 g/mol. The number of H-pyrrole nitrogens is 1. The van der Waals surface area contributed by atoms with Crippen LogP contribution in [0.4, 0.5) is 9.18 Å². The third-order valence-corrected chi connectivity index (χ3v) is 3.62. The zero-order valence-electron chi connectivity index (χ0n) is 10.8. The number of nitrogens with zero attached hydrogens (tertiary/aromatic N) is 3. The molecule has 1 aliphatic rings. The first-order chi connectivity index (χ1) is 9.63. The van der Waals surface area contributed by atoms with E-state index in [2.05, 4.69) is 9.97 Å². The maximum absolute atomic E-state index is 13.0. The van der Waals surface area contributed by atoms with Crippen LogP contribution < -0.4 is 0 Å². The summed E-state index contributed by atoms with van der Waals surface area (Å²) in [5, 5.41) is 9.04. The largest absolute Gasteiger partial charge is 0.465 e. The van der Waals surface area contributed by atoms with Crippen molar-refractivity contribution in [1.29, 1.82) is 0 Å². The SMILES string of the molecule is O=C(O)N1CCC[C@H](c2cn(-c3cc(F)c[nH]3)cn2)C1. The number of carboxylic acid groups (broad SMARTS) is 1. The van der Waals surface area contributed by atoms with Gasteiger partial charge < -0.3 is 15.0 Å². The molecule has 2 aromatic heterocycles. The van der Waals surface area contributed by atoms with Gasteiger partial charge in [-0.15, -0.1) is 0 Å². The van der Waals surface area contributed by atoms with Gasteiger partial charge in [-0.3, -0.25) is 4.57 Å². The molecule has 0 radical (unpaired) electrons. The fraction of sp³-hybridized carbons (Fsp3) is 0.385. The van der Waals surface area contributed by atoms with Crippen LogP contribution in [0.1, 0.15) is 24.5 Å². The molecule has 1 saturated heterocycles. The summed E-state index contributed by atoms with van der Waals surface area (Å²) in [5.74, 6) is 0.373. The van der Waals surface area contributed by atoms with Gasteiger partial charge in [0.25, 0.3) is 0 Å². The Bertz CT molecular complexity index is 621. The molecule has 0 spiro atoms. The van der Waals surface area contributed by atoms with E-state index >= 15 is 0 Å². The van der Waals surface area contributed by atoms with Gasteiger partial charge in [-0.1, -0.05) is 0 Å². The van der Waals surface area contributed by atoms with Gasteiger partial charge in [0.05, 0.1) is 5.69 Å². The molecule has 0 aromatic carbocycles. The maximum Gasteiger partial charge on any atom is 0.407 e. The van der Waals surface area contributed by atoms with Gasteiger partial charge in [0.15, 0.2) is 0 Å². The molecule has 20 heavy (non-hydrogen) atoms. The number of nitrogens with one attached hydrogen (secondary N) is 1. The number of rotatable bonds is 2. The van der Waals surface area contributed by atoms with Crippen molar-refractivity contribution in [1.82, 2.24) is 19.4 Å². The van der Waals surface area contributed by atoms with Crippen molar-refractivity contribution in [2.45, 2.75) is 18.8 Å². The summed E-state index contributed by atoms with van der Waals surface area (Å²) in [6.07, 6.45) is 5.57. The van der Waals surface area contributed by atoms with E-state index in [0.29, 0.717) is 18.9 Å². The highest BCUT2D eigenvalue weighted by molar-refractivity contribution is 5.65. The van der Waals surface area contributed by atoms with Crippen LogP contribution >= 0.6 is 0 Å². The van der Waals surface area contributed by atoms with E-state index in [1.54, 1.807) is 10.9 Å². The molecule has 2 N–H and O–H groups in total. The average molecular weight is 278 g/mol. The van der Waals surface area contributed by atoms with E-state index in [9.17, 15) is 9.18 Å². The number of amides is 1. The van der Waals surface area contributed by atoms with E-state index in [1.807, 2.05) is 6.20 Å².